The fraction of sp³-hybridized carbons (Fsp3) is 0.333. The Labute approximate surface area is 80.7 Å². The van der Waals surface area contributed by atoms with E-state index in [4.69, 9.17) is 9.52 Å². The first-order valence-corrected chi connectivity index (χ1v) is 4.10. The van der Waals surface area contributed by atoms with Crippen LogP contribution in [0.15, 0.2) is 16.7 Å². The fourth-order valence-corrected chi connectivity index (χ4v) is 0.957. The number of carboxylic acid groups (broad SMARTS) is 1. The summed E-state index contributed by atoms with van der Waals surface area (Å²) in [5, 5.41) is 10.9. The minimum absolute atomic E-state index is 0.359. The first-order chi connectivity index (χ1) is 6.52. The predicted molar refractivity (Wildman–Crippen MR) is 48.0 cm³/mol. The third kappa shape index (κ3) is 2.12. The van der Waals surface area contributed by atoms with Gasteiger partial charge in [0.15, 0.2) is 0 Å². The molecule has 0 aliphatic rings. The summed E-state index contributed by atoms with van der Waals surface area (Å²) in [4.78, 5) is 21.9. The Morgan fingerprint density at radius 1 is 1.57 bits per heavy atom. The van der Waals surface area contributed by atoms with Crippen molar-refractivity contribution in [2.45, 2.75) is 19.9 Å². The van der Waals surface area contributed by atoms with E-state index < -0.39 is 17.9 Å². The van der Waals surface area contributed by atoms with Crippen LogP contribution in [0.5, 0.6) is 0 Å². The van der Waals surface area contributed by atoms with Gasteiger partial charge in [-0.25, -0.2) is 0 Å². The second kappa shape index (κ2) is 3.95. The summed E-state index contributed by atoms with van der Waals surface area (Å²) in [6, 6.07) is 0.594. The number of nitrogens with one attached hydrogen (secondary N) is 1. The van der Waals surface area contributed by atoms with Gasteiger partial charge in [0.25, 0.3) is 5.91 Å². The molecular weight excluding hydrogens is 186 g/mol. The summed E-state index contributed by atoms with van der Waals surface area (Å²) in [6.07, 6.45) is 1.38. The van der Waals surface area contributed by atoms with E-state index in [-0.39, 0.29) is 0 Å². The summed E-state index contributed by atoms with van der Waals surface area (Å²) in [7, 11) is 0. The molecule has 1 aromatic heterocycles. The van der Waals surface area contributed by atoms with Gasteiger partial charge >= 0.3 is 5.97 Å². The molecule has 0 saturated carbocycles. The molecule has 0 radical (unpaired) electrons. The molecule has 0 spiro atoms. The van der Waals surface area contributed by atoms with Crippen molar-refractivity contribution in [3.63, 3.8) is 0 Å². The molecule has 0 unspecified atom stereocenters. The summed E-state index contributed by atoms with van der Waals surface area (Å²) >= 11 is 0. The van der Waals surface area contributed by atoms with Crippen molar-refractivity contribution in [2.75, 3.05) is 0 Å². The Kier molecular flexibility index (Phi) is 2.91. The highest BCUT2D eigenvalue weighted by Gasteiger charge is 2.17. The summed E-state index contributed by atoms with van der Waals surface area (Å²) in [5.41, 5.74) is 0.359. The Morgan fingerprint density at radius 3 is 2.64 bits per heavy atom. The van der Waals surface area contributed by atoms with Gasteiger partial charge in [-0.15, -0.1) is 0 Å². The monoisotopic (exact) mass is 197 g/mol. The van der Waals surface area contributed by atoms with E-state index >= 15 is 0 Å². The van der Waals surface area contributed by atoms with Crippen LogP contribution in [0.3, 0.4) is 0 Å². The van der Waals surface area contributed by atoms with E-state index in [2.05, 4.69) is 5.32 Å². The smallest absolute Gasteiger partial charge is 0.325 e. The van der Waals surface area contributed by atoms with Gasteiger partial charge in [0.2, 0.25) is 0 Å². The minimum Gasteiger partial charge on any atom is -0.480 e. The molecular formula is C9H11NO4. The molecule has 0 aliphatic carbocycles. The third-order valence-electron chi connectivity index (χ3n) is 1.82. The van der Waals surface area contributed by atoms with Crippen LogP contribution in [-0.2, 0) is 4.79 Å². The third-order valence-corrected chi connectivity index (χ3v) is 1.82. The van der Waals surface area contributed by atoms with Crippen molar-refractivity contribution >= 4 is 11.9 Å². The molecule has 1 heterocycles. The molecule has 14 heavy (non-hydrogen) atoms. The van der Waals surface area contributed by atoms with Gasteiger partial charge in [-0.3, -0.25) is 9.59 Å². The van der Waals surface area contributed by atoms with Gasteiger partial charge in [0, 0.05) is 0 Å². The van der Waals surface area contributed by atoms with E-state index in [1.54, 1.807) is 6.92 Å². The van der Waals surface area contributed by atoms with Crippen molar-refractivity contribution in [3.8, 4) is 0 Å². The molecule has 0 aliphatic heterocycles. The van der Waals surface area contributed by atoms with Crippen molar-refractivity contribution in [2.24, 2.45) is 0 Å². The molecule has 5 heteroatoms. The quantitative estimate of drug-likeness (QED) is 0.750. The van der Waals surface area contributed by atoms with Crippen LogP contribution < -0.4 is 5.32 Å². The lowest BCUT2D eigenvalue weighted by Gasteiger charge is -2.07. The molecule has 1 amide bonds. The van der Waals surface area contributed by atoms with Crippen LogP contribution in [0.4, 0.5) is 0 Å². The number of hydrogen-bond donors (Lipinski definition) is 2. The number of carbonyl (C=O) groups excluding carboxylic acids is 1. The average molecular weight is 197 g/mol. The normalized spacial score (nSPS) is 12.1. The Morgan fingerprint density at radius 2 is 2.21 bits per heavy atom. The SMILES string of the molecule is Cc1occc1C(=O)N[C@@H](C)C(=O)O. The number of hydrogen-bond acceptors (Lipinski definition) is 3. The Balaban J connectivity index is 2.69. The fourth-order valence-electron chi connectivity index (χ4n) is 0.957. The van der Waals surface area contributed by atoms with Crippen LogP contribution in [0.1, 0.15) is 23.0 Å². The van der Waals surface area contributed by atoms with Crippen molar-refractivity contribution in [1.29, 1.82) is 0 Å². The molecule has 1 atom stereocenters. The summed E-state index contributed by atoms with van der Waals surface area (Å²) < 4.78 is 4.92. The van der Waals surface area contributed by atoms with Crippen LogP contribution in [0.2, 0.25) is 0 Å². The molecule has 1 rings (SSSR count). The van der Waals surface area contributed by atoms with E-state index in [1.807, 2.05) is 0 Å². The lowest BCUT2D eigenvalue weighted by Crippen LogP contribution is -2.38. The number of amides is 1. The standard InChI is InChI=1S/C9H11NO4/c1-5(9(12)13)10-8(11)7-3-4-14-6(7)2/h3-5H,1-2H3,(H,10,11)(H,12,13)/t5-/m0/s1. The number of carboxylic acids is 1. The lowest BCUT2D eigenvalue weighted by atomic mass is 10.2. The predicted octanol–water partition coefficient (Wildman–Crippen LogP) is 0.791. The van der Waals surface area contributed by atoms with Gasteiger partial charge in [-0.2, -0.15) is 0 Å². The number of aryl methyl sites for hydroxylation is 1. The maximum absolute atomic E-state index is 11.4. The Hall–Kier alpha value is -1.78. The molecule has 2 N–H and O–H groups in total. The van der Waals surface area contributed by atoms with Crippen molar-refractivity contribution in [1.82, 2.24) is 5.32 Å². The second-order valence-electron chi connectivity index (χ2n) is 2.92. The molecule has 5 nitrogen and oxygen atoms in total. The highest BCUT2D eigenvalue weighted by Crippen LogP contribution is 2.08. The molecule has 0 saturated heterocycles. The summed E-state index contributed by atoms with van der Waals surface area (Å²) in [5.74, 6) is -1.04. The second-order valence-corrected chi connectivity index (χ2v) is 2.92. The van der Waals surface area contributed by atoms with E-state index in [0.717, 1.165) is 0 Å². The van der Waals surface area contributed by atoms with Crippen LogP contribution in [-0.4, -0.2) is 23.0 Å². The lowest BCUT2D eigenvalue weighted by molar-refractivity contribution is -0.138. The largest absolute Gasteiger partial charge is 0.480 e. The van der Waals surface area contributed by atoms with E-state index in [0.29, 0.717) is 11.3 Å². The molecule has 76 valence electrons. The highest BCUT2D eigenvalue weighted by atomic mass is 16.4. The van der Waals surface area contributed by atoms with Crippen molar-refractivity contribution in [3.05, 3.63) is 23.7 Å². The maximum atomic E-state index is 11.4. The molecule has 1 aromatic rings. The zero-order valence-corrected chi connectivity index (χ0v) is 7.90. The zero-order valence-electron chi connectivity index (χ0n) is 7.90. The van der Waals surface area contributed by atoms with Gasteiger partial charge in [-0.1, -0.05) is 0 Å². The summed E-state index contributed by atoms with van der Waals surface area (Å²) in [6.45, 7) is 3.04. The molecule has 0 aromatic carbocycles. The molecule has 0 bridgehead atoms. The van der Waals surface area contributed by atoms with Crippen LogP contribution >= 0.6 is 0 Å². The number of carbonyl (C=O) groups is 2. The van der Waals surface area contributed by atoms with E-state index in [9.17, 15) is 9.59 Å². The van der Waals surface area contributed by atoms with Crippen LogP contribution in [0.25, 0.3) is 0 Å². The number of furan rings is 1. The van der Waals surface area contributed by atoms with Crippen LogP contribution in [0, 0.1) is 6.92 Å². The van der Waals surface area contributed by atoms with Gasteiger partial charge < -0.3 is 14.8 Å². The van der Waals surface area contributed by atoms with E-state index in [1.165, 1.54) is 19.3 Å². The maximum Gasteiger partial charge on any atom is 0.325 e. The number of rotatable bonds is 3. The first-order valence-electron chi connectivity index (χ1n) is 4.10. The minimum atomic E-state index is -1.07. The highest BCUT2D eigenvalue weighted by molar-refractivity contribution is 5.97. The van der Waals surface area contributed by atoms with Gasteiger partial charge in [-0.05, 0) is 19.9 Å². The number of aliphatic carboxylic acids is 1. The van der Waals surface area contributed by atoms with Gasteiger partial charge in [0.05, 0.1) is 11.8 Å². The van der Waals surface area contributed by atoms with Crippen molar-refractivity contribution < 1.29 is 19.1 Å². The van der Waals surface area contributed by atoms with Gasteiger partial charge in [0.1, 0.15) is 11.8 Å². The molecule has 0 fully saturated rings. The topological polar surface area (TPSA) is 79.5 Å². The Bertz CT molecular complexity index is 355. The zero-order chi connectivity index (χ0) is 10.7. The first kappa shape index (κ1) is 10.3. The average Bonchev–Trinajstić information content (AvgIpc) is 2.51.